The molecule has 3 N–H and O–H groups in total. The van der Waals surface area contributed by atoms with Gasteiger partial charge in [-0.15, -0.1) is 0 Å². The van der Waals surface area contributed by atoms with E-state index in [4.69, 9.17) is 5.11 Å². The standard InChI is InChI=1S/C15H21N3O3/c1-10-3-2-4-12(7-10)18-15(21)17-9-13-8-11(14(19)20)5-6-16-13/h5-6,8,10,12H,2-4,7,9H2,1H3,(H,19,20)(H2,17,18,21). The van der Waals surface area contributed by atoms with Crippen LogP contribution in [0.25, 0.3) is 0 Å². The minimum absolute atomic E-state index is 0.170. The number of carboxylic acid groups (broad SMARTS) is 1. The van der Waals surface area contributed by atoms with Crippen LogP contribution in [-0.2, 0) is 6.54 Å². The third-order valence-electron chi connectivity index (χ3n) is 3.77. The third kappa shape index (κ3) is 4.73. The van der Waals surface area contributed by atoms with Gasteiger partial charge < -0.3 is 15.7 Å². The molecule has 1 aromatic heterocycles. The maximum atomic E-state index is 11.8. The number of nitrogens with one attached hydrogen (secondary N) is 2. The molecule has 1 fully saturated rings. The van der Waals surface area contributed by atoms with Gasteiger partial charge in [-0.2, -0.15) is 0 Å². The lowest BCUT2D eigenvalue weighted by atomic mass is 9.87. The summed E-state index contributed by atoms with van der Waals surface area (Å²) in [4.78, 5) is 26.7. The van der Waals surface area contributed by atoms with Crippen LogP contribution in [0.2, 0.25) is 0 Å². The van der Waals surface area contributed by atoms with E-state index in [-0.39, 0.29) is 24.2 Å². The molecule has 6 nitrogen and oxygen atoms in total. The fourth-order valence-electron chi connectivity index (χ4n) is 2.68. The fraction of sp³-hybridized carbons (Fsp3) is 0.533. The monoisotopic (exact) mass is 291 g/mol. The van der Waals surface area contributed by atoms with Crippen LogP contribution in [0.4, 0.5) is 4.79 Å². The first-order valence-corrected chi connectivity index (χ1v) is 7.27. The van der Waals surface area contributed by atoms with Crippen LogP contribution in [0.5, 0.6) is 0 Å². The van der Waals surface area contributed by atoms with Gasteiger partial charge in [0.15, 0.2) is 0 Å². The molecule has 2 atom stereocenters. The first-order chi connectivity index (χ1) is 10.0. The van der Waals surface area contributed by atoms with Crippen molar-refractivity contribution in [3.05, 3.63) is 29.6 Å². The Morgan fingerprint density at radius 1 is 1.43 bits per heavy atom. The molecule has 0 aliphatic heterocycles. The summed E-state index contributed by atoms with van der Waals surface area (Å²) in [6.07, 6.45) is 5.84. The average molecular weight is 291 g/mol. The Kier molecular flexibility index (Phi) is 5.14. The van der Waals surface area contributed by atoms with E-state index >= 15 is 0 Å². The largest absolute Gasteiger partial charge is 0.478 e. The van der Waals surface area contributed by atoms with Crippen LogP contribution in [0.3, 0.4) is 0 Å². The molecule has 114 valence electrons. The molecule has 21 heavy (non-hydrogen) atoms. The Labute approximate surface area is 124 Å². The highest BCUT2D eigenvalue weighted by molar-refractivity contribution is 5.87. The Hall–Kier alpha value is -2.11. The van der Waals surface area contributed by atoms with Crippen molar-refractivity contribution in [2.24, 2.45) is 5.92 Å². The lowest BCUT2D eigenvalue weighted by Gasteiger charge is -2.27. The zero-order valence-corrected chi connectivity index (χ0v) is 12.1. The minimum Gasteiger partial charge on any atom is -0.478 e. The van der Waals surface area contributed by atoms with Crippen molar-refractivity contribution in [3.63, 3.8) is 0 Å². The molecule has 1 aliphatic carbocycles. The second kappa shape index (κ2) is 7.06. The second-order valence-electron chi connectivity index (χ2n) is 5.64. The van der Waals surface area contributed by atoms with E-state index in [1.54, 1.807) is 0 Å². The number of rotatable bonds is 4. The number of pyridine rings is 1. The van der Waals surface area contributed by atoms with Crippen molar-refractivity contribution >= 4 is 12.0 Å². The Bertz CT molecular complexity index is 519. The lowest BCUT2D eigenvalue weighted by Crippen LogP contribution is -2.43. The first kappa shape index (κ1) is 15.3. The van der Waals surface area contributed by atoms with Crippen LogP contribution in [0, 0.1) is 5.92 Å². The molecule has 2 rings (SSSR count). The fourth-order valence-corrected chi connectivity index (χ4v) is 2.68. The van der Waals surface area contributed by atoms with Crippen molar-refractivity contribution in [2.45, 2.75) is 45.2 Å². The van der Waals surface area contributed by atoms with E-state index < -0.39 is 5.97 Å². The van der Waals surface area contributed by atoms with Gasteiger partial charge in [-0.05, 0) is 30.9 Å². The van der Waals surface area contributed by atoms with Crippen LogP contribution in [0.1, 0.15) is 48.7 Å². The van der Waals surface area contributed by atoms with Gasteiger partial charge in [-0.3, -0.25) is 4.98 Å². The molecule has 2 unspecified atom stereocenters. The Morgan fingerprint density at radius 2 is 2.24 bits per heavy atom. The Balaban J connectivity index is 1.81. The molecule has 6 heteroatoms. The molecule has 2 amide bonds. The number of aromatic nitrogens is 1. The second-order valence-corrected chi connectivity index (χ2v) is 5.64. The van der Waals surface area contributed by atoms with E-state index in [2.05, 4.69) is 22.5 Å². The molecule has 0 spiro atoms. The van der Waals surface area contributed by atoms with Gasteiger partial charge in [0.1, 0.15) is 0 Å². The summed E-state index contributed by atoms with van der Waals surface area (Å²) < 4.78 is 0. The van der Waals surface area contributed by atoms with Crippen LogP contribution >= 0.6 is 0 Å². The van der Waals surface area contributed by atoms with Crippen molar-refractivity contribution in [1.82, 2.24) is 15.6 Å². The van der Waals surface area contributed by atoms with Gasteiger partial charge >= 0.3 is 12.0 Å². The van der Waals surface area contributed by atoms with E-state index in [9.17, 15) is 9.59 Å². The maximum absolute atomic E-state index is 11.8. The van der Waals surface area contributed by atoms with Crippen LogP contribution < -0.4 is 10.6 Å². The molecule has 0 saturated heterocycles. The van der Waals surface area contributed by atoms with E-state index in [0.717, 1.165) is 19.3 Å². The number of carboxylic acids is 1. The highest BCUT2D eigenvalue weighted by Crippen LogP contribution is 2.23. The first-order valence-electron chi connectivity index (χ1n) is 7.27. The number of carbonyl (C=O) groups is 2. The predicted molar refractivity (Wildman–Crippen MR) is 78.0 cm³/mol. The van der Waals surface area contributed by atoms with Gasteiger partial charge in [0.2, 0.25) is 0 Å². The summed E-state index contributed by atoms with van der Waals surface area (Å²) in [5, 5.41) is 14.6. The van der Waals surface area contributed by atoms with E-state index in [1.165, 1.54) is 24.8 Å². The lowest BCUT2D eigenvalue weighted by molar-refractivity contribution is 0.0696. The normalized spacial score (nSPS) is 21.6. The topological polar surface area (TPSA) is 91.3 Å². The van der Waals surface area contributed by atoms with Crippen molar-refractivity contribution in [1.29, 1.82) is 0 Å². The Morgan fingerprint density at radius 3 is 2.95 bits per heavy atom. The summed E-state index contributed by atoms with van der Waals surface area (Å²) in [6, 6.07) is 2.89. The van der Waals surface area contributed by atoms with Gasteiger partial charge in [-0.1, -0.05) is 19.8 Å². The summed E-state index contributed by atoms with van der Waals surface area (Å²) >= 11 is 0. The van der Waals surface area contributed by atoms with Crippen LogP contribution in [0.15, 0.2) is 18.3 Å². The van der Waals surface area contributed by atoms with E-state index in [1.807, 2.05) is 0 Å². The van der Waals surface area contributed by atoms with Crippen molar-refractivity contribution in [2.75, 3.05) is 0 Å². The quantitative estimate of drug-likeness (QED) is 0.792. The number of nitrogens with zero attached hydrogens (tertiary/aromatic N) is 1. The molecular weight excluding hydrogens is 270 g/mol. The van der Waals surface area contributed by atoms with Crippen LogP contribution in [-0.4, -0.2) is 28.1 Å². The molecule has 0 bridgehead atoms. The number of hydrogen-bond donors (Lipinski definition) is 3. The highest BCUT2D eigenvalue weighted by atomic mass is 16.4. The molecular formula is C15H21N3O3. The zero-order chi connectivity index (χ0) is 15.2. The summed E-state index contributed by atoms with van der Waals surface area (Å²) in [5.41, 5.74) is 0.699. The number of amides is 2. The molecule has 1 aliphatic rings. The zero-order valence-electron chi connectivity index (χ0n) is 12.1. The van der Waals surface area contributed by atoms with Gasteiger partial charge in [-0.25, -0.2) is 9.59 Å². The van der Waals surface area contributed by atoms with Gasteiger partial charge in [0, 0.05) is 12.2 Å². The molecule has 1 saturated carbocycles. The number of carbonyl (C=O) groups excluding carboxylic acids is 1. The SMILES string of the molecule is CC1CCCC(NC(=O)NCc2cc(C(=O)O)ccn2)C1. The minimum atomic E-state index is -1.00. The predicted octanol–water partition coefficient (Wildman–Crippen LogP) is 2.16. The molecule has 0 radical (unpaired) electrons. The van der Waals surface area contributed by atoms with Gasteiger partial charge in [0.25, 0.3) is 0 Å². The third-order valence-corrected chi connectivity index (χ3v) is 3.77. The number of hydrogen-bond acceptors (Lipinski definition) is 3. The summed E-state index contributed by atoms with van der Waals surface area (Å²) in [5.74, 6) is -0.350. The molecule has 1 heterocycles. The number of urea groups is 1. The van der Waals surface area contributed by atoms with Gasteiger partial charge in [0.05, 0.1) is 17.8 Å². The van der Waals surface area contributed by atoms with E-state index in [0.29, 0.717) is 11.6 Å². The molecule has 0 aromatic carbocycles. The molecule has 1 aromatic rings. The smallest absolute Gasteiger partial charge is 0.335 e. The summed E-state index contributed by atoms with van der Waals surface area (Å²) in [6.45, 7) is 2.42. The summed E-state index contributed by atoms with van der Waals surface area (Å²) in [7, 11) is 0. The van der Waals surface area contributed by atoms with Crippen molar-refractivity contribution in [3.8, 4) is 0 Å². The highest BCUT2D eigenvalue weighted by Gasteiger charge is 2.20. The van der Waals surface area contributed by atoms with Crippen molar-refractivity contribution < 1.29 is 14.7 Å². The average Bonchev–Trinajstić information content (AvgIpc) is 2.45. The number of aromatic carboxylic acids is 1. The maximum Gasteiger partial charge on any atom is 0.335 e.